The lowest BCUT2D eigenvalue weighted by Crippen LogP contribution is -2.50. The molecule has 2 fully saturated rings. The second kappa shape index (κ2) is 5.50. The lowest BCUT2D eigenvalue weighted by atomic mass is 9.89. The fourth-order valence-electron chi connectivity index (χ4n) is 3.08. The standard InChI is InChI=1S/C14H26O2/c1-3-8-13-12(4-2)11-15-14(16-13)9-6-5-7-10-14/h12-13H,3-11H2,1-2H3. The maximum atomic E-state index is 6.34. The third-order valence-electron chi connectivity index (χ3n) is 4.17. The van der Waals surface area contributed by atoms with Crippen LogP contribution >= 0.6 is 0 Å². The summed E-state index contributed by atoms with van der Waals surface area (Å²) >= 11 is 0. The zero-order valence-corrected chi connectivity index (χ0v) is 10.8. The molecule has 0 aromatic carbocycles. The van der Waals surface area contributed by atoms with E-state index in [0.717, 1.165) is 19.4 Å². The molecule has 1 heterocycles. The molecule has 1 aliphatic carbocycles. The van der Waals surface area contributed by atoms with Crippen molar-refractivity contribution in [3.05, 3.63) is 0 Å². The molecule has 0 bridgehead atoms. The normalized spacial score (nSPS) is 34.1. The van der Waals surface area contributed by atoms with Crippen molar-refractivity contribution in [3.63, 3.8) is 0 Å². The van der Waals surface area contributed by atoms with Crippen molar-refractivity contribution < 1.29 is 9.47 Å². The average molecular weight is 226 g/mol. The van der Waals surface area contributed by atoms with Gasteiger partial charge < -0.3 is 9.47 Å². The maximum absolute atomic E-state index is 6.34. The minimum absolute atomic E-state index is 0.191. The summed E-state index contributed by atoms with van der Waals surface area (Å²) in [6.45, 7) is 5.42. The van der Waals surface area contributed by atoms with Crippen LogP contribution in [0.15, 0.2) is 0 Å². The highest BCUT2D eigenvalue weighted by Crippen LogP contribution is 2.40. The Balaban J connectivity index is 1.98. The smallest absolute Gasteiger partial charge is 0.168 e. The second-order valence-corrected chi connectivity index (χ2v) is 5.40. The van der Waals surface area contributed by atoms with E-state index in [0.29, 0.717) is 12.0 Å². The number of hydrogen-bond acceptors (Lipinski definition) is 2. The summed E-state index contributed by atoms with van der Waals surface area (Å²) in [6.07, 6.45) is 10.2. The number of hydrogen-bond donors (Lipinski definition) is 0. The largest absolute Gasteiger partial charge is 0.350 e. The lowest BCUT2D eigenvalue weighted by molar-refractivity contribution is -0.323. The summed E-state index contributed by atoms with van der Waals surface area (Å²) in [5.74, 6) is 0.427. The molecule has 1 saturated carbocycles. The number of rotatable bonds is 3. The minimum Gasteiger partial charge on any atom is -0.350 e. The molecular formula is C14H26O2. The van der Waals surface area contributed by atoms with Crippen molar-refractivity contribution in [3.8, 4) is 0 Å². The third-order valence-corrected chi connectivity index (χ3v) is 4.17. The van der Waals surface area contributed by atoms with Crippen LogP contribution in [-0.4, -0.2) is 18.5 Å². The molecule has 2 atom stereocenters. The Morgan fingerprint density at radius 1 is 1.12 bits per heavy atom. The van der Waals surface area contributed by atoms with Gasteiger partial charge in [0, 0.05) is 18.8 Å². The molecular weight excluding hydrogens is 200 g/mol. The Bertz CT molecular complexity index is 209. The van der Waals surface area contributed by atoms with Crippen LogP contribution in [0.5, 0.6) is 0 Å². The first-order valence-electron chi connectivity index (χ1n) is 7.11. The van der Waals surface area contributed by atoms with Gasteiger partial charge in [-0.15, -0.1) is 0 Å². The monoisotopic (exact) mass is 226 g/mol. The van der Waals surface area contributed by atoms with Crippen molar-refractivity contribution >= 4 is 0 Å². The maximum Gasteiger partial charge on any atom is 0.168 e. The lowest BCUT2D eigenvalue weighted by Gasteiger charge is -2.46. The van der Waals surface area contributed by atoms with E-state index in [-0.39, 0.29) is 5.79 Å². The summed E-state index contributed by atoms with van der Waals surface area (Å²) < 4.78 is 12.4. The van der Waals surface area contributed by atoms with E-state index >= 15 is 0 Å². The van der Waals surface area contributed by atoms with Crippen LogP contribution in [0.1, 0.15) is 65.2 Å². The van der Waals surface area contributed by atoms with Crippen LogP contribution in [0, 0.1) is 5.92 Å². The van der Waals surface area contributed by atoms with Gasteiger partial charge in [-0.1, -0.05) is 26.7 Å². The molecule has 1 saturated heterocycles. The molecule has 2 unspecified atom stereocenters. The van der Waals surface area contributed by atoms with E-state index < -0.39 is 0 Å². The Morgan fingerprint density at radius 2 is 1.88 bits per heavy atom. The van der Waals surface area contributed by atoms with Gasteiger partial charge in [0.25, 0.3) is 0 Å². The summed E-state index contributed by atoms with van der Waals surface area (Å²) in [5, 5.41) is 0. The highest BCUT2D eigenvalue weighted by atomic mass is 16.7. The zero-order valence-electron chi connectivity index (χ0n) is 10.8. The molecule has 2 rings (SSSR count). The van der Waals surface area contributed by atoms with E-state index in [1.165, 1.54) is 38.5 Å². The summed E-state index contributed by atoms with van der Waals surface area (Å²) in [7, 11) is 0. The SMILES string of the molecule is CCCC1OC2(CCCCC2)OCC1CC. The van der Waals surface area contributed by atoms with Crippen LogP contribution in [0.25, 0.3) is 0 Å². The molecule has 0 aromatic rings. The van der Waals surface area contributed by atoms with Crippen molar-refractivity contribution in [2.45, 2.75) is 77.1 Å². The Kier molecular flexibility index (Phi) is 4.26. The molecule has 0 radical (unpaired) electrons. The van der Waals surface area contributed by atoms with Crippen LogP contribution < -0.4 is 0 Å². The zero-order chi connectivity index (χ0) is 11.4. The first-order valence-corrected chi connectivity index (χ1v) is 7.11. The quantitative estimate of drug-likeness (QED) is 0.727. The molecule has 1 aliphatic heterocycles. The fourth-order valence-corrected chi connectivity index (χ4v) is 3.08. The first-order chi connectivity index (χ1) is 7.79. The molecule has 2 heteroatoms. The van der Waals surface area contributed by atoms with Crippen LogP contribution in [-0.2, 0) is 9.47 Å². The van der Waals surface area contributed by atoms with Gasteiger partial charge >= 0.3 is 0 Å². The highest BCUT2D eigenvalue weighted by Gasteiger charge is 2.42. The predicted octanol–water partition coefficient (Wildman–Crippen LogP) is 3.89. The van der Waals surface area contributed by atoms with Crippen molar-refractivity contribution in [1.29, 1.82) is 0 Å². The summed E-state index contributed by atoms with van der Waals surface area (Å²) in [5.41, 5.74) is 0. The van der Waals surface area contributed by atoms with E-state index in [1.807, 2.05) is 0 Å². The van der Waals surface area contributed by atoms with E-state index in [9.17, 15) is 0 Å². The van der Waals surface area contributed by atoms with Crippen molar-refractivity contribution in [2.24, 2.45) is 5.92 Å². The van der Waals surface area contributed by atoms with Gasteiger partial charge in [0.05, 0.1) is 12.7 Å². The molecule has 0 aromatic heterocycles. The molecule has 0 N–H and O–H groups in total. The van der Waals surface area contributed by atoms with Gasteiger partial charge in [-0.05, 0) is 25.7 Å². The first kappa shape index (κ1) is 12.4. The molecule has 2 aliphatic rings. The molecule has 1 spiro atoms. The van der Waals surface area contributed by atoms with Gasteiger partial charge in [0.2, 0.25) is 0 Å². The number of ether oxygens (including phenoxy) is 2. The third kappa shape index (κ3) is 2.60. The highest BCUT2D eigenvalue weighted by molar-refractivity contribution is 4.84. The fraction of sp³-hybridized carbons (Fsp3) is 1.00. The Hall–Kier alpha value is -0.0800. The molecule has 0 amide bonds. The van der Waals surface area contributed by atoms with Gasteiger partial charge in [-0.3, -0.25) is 0 Å². The van der Waals surface area contributed by atoms with E-state index in [2.05, 4.69) is 13.8 Å². The molecule has 16 heavy (non-hydrogen) atoms. The van der Waals surface area contributed by atoms with Crippen molar-refractivity contribution in [1.82, 2.24) is 0 Å². The van der Waals surface area contributed by atoms with Crippen LogP contribution in [0.3, 0.4) is 0 Å². The van der Waals surface area contributed by atoms with Gasteiger partial charge in [0.15, 0.2) is 5.79 Å². The second-order valence-electron chi connectivity index (χ2n) is 5.40. The predicted molar refractivity (Wildman–Crippen MR) is 65.3 cm³/mol. The minimum atomic E-state index is -0.191. The summed E-state index contributed by atoms with van der Waals surface area (Å²) in [4.78, 5) is 0. The van der Waals surface area contributed by atoms with E-state index in [4.69, 9.17) is 9.47 Å². The molecule has 2 nitrogen and oxygen atoms in total. The Morgan fingerprint density at radius 3 is 2.50 bits per heavy atom. The van der Waals surface area contributed by atoms with Gasteiger partial charge in [-0.25, -0.2) is 0 Å². The van der Waals surface area contributed by atoms with E-state index in [1.54, 1.807) is 0 Å². The Labute approximate surface area is 99.7 Å². The van der Waals surface area contributed by atoms with Gasteiger partial charge in [0.1, 0.15) is 0 Å². The van der Waals surface area contributed by atoms with Crippen molar-refractivity contribution in [2.75, 3.05) is 6.61 Å². The topological polar surface area (TPSA) is 18.5 Å². The average Bonchev–Trinajstić information content (AvgIpc) is 2.31. The van der Waals surface area contributed by atoms with Crippen LogP contribution in [0.2, 0.25) is 0 Å². The van der Waals surface area contributed by atoms with Gasteiger partial charge in [-0.2, -0.15) is 0 Å². The summed E-state index contributed by atoms with van der Waals surface area (Å²) in [6, 6.07) is 0. The molecule has 94 valence electrons. The van der Waals surface area contributed by atoms with Crippen LogP contribution in [0.4, 0.5) is 0 Å².